The molecule has 0 bridgehead atoms. The fraction of sp³-hybridized carbons (Fsp3) is 0.464. The topological polar surface area (TPSA) is 69.0 Å². The van der Waals surface area contributed by atoms with Crippen LogP contribution in [-0.4, -0.2) is 64.9 Å². The number of aromatic nitrogens is 2. The van der Waals surface area contributed by atoms with E-state index in [0.29, 0.717) is 38.5 Å². The summed E-state index contributed by atoms with van der Waals surface area (Å²) < 4.78 is 33.9. The average Bonchev–Trinajstić information content (AvgIpc) is 3.52. The highest BCUT2D eigenvalue weighted by atomic mass is 19.1. The standard InChI is InChI=1S/C28H36FN3O4/c1-3-26-24(19-31(17-22(33)20-34-4-2)18-23-13-10-16-35-23)28(36-27-15-9-8-14-25(27)29)32(30-26)21-11-6-5-7-12-21/h5-9,11-12,14-15,22-23,33H,3-4,10,13,16-20H2,1-2H3/t22-,23+/m1/s1. The molecule has 36 heavy (non-hydrogen) atoms. The second-order valence-corrected chi connectivity index (χ2v) is 9.01. The zero-order chi connectivity index (χ0) is 25.3. The normalized spacial score (nSPS) is 16.5. The molecule has 3 aromatic rings. The summed E-state index contributed by atoms with van der Waals surface area (Å²) in [5, 5.41) is 15.5. The molecular formula is C28H36FN3O4. The first-order chi connectivity index (χ1) is 17.6. The summed E-state index contributed by atoms with van der Waals surface area (Å²) in [6.45, 7) is 7.09. The lowest BCUT2D eigenvalue weighted by Gasteiger charge is -2.27. The van der Waals surface area contributed by atoms with Gasteiger partial charge in [-0.15, -0.1) is 0 Å². The Labute approximate surface area is 212 Å². The largest absolute Gasteiger partial charge is 0.435 e. The lowest BCUT2D eigenvalue weighted by Crippen LogP contribution is -2.39. The van der Waals surface area contributed by atoms with Gasteiger partial charge < -0.3 is 19.3 Å². The highest BCUT2D eigenvalue weighted by Crippen LogP contribution is 2.33. The molecule has 0 unspecified atom stereocenters. The zero-order valence-corrected chi connectivity index (χ0v) is 21.1. The number of ether oxygens (including phenoxy) is 3. The fourth-order valence-electron chi connectivity index (χ4n) is 4.51. The number of nitrogens with zero attached hydrogens (tertiary/aromatic N) is 3. The minimum Gasteiger partial charge on any atom is -0.435 e. The molecule has 194 valence electrons. The Morgan fingerprint density at radius 3 is 2.64 bits per heavy atom. The molecule has 1 aromatic heterocycles. The monoisotopic (exact) mass is 497 g/mol. The van der Waals surface area contributed by atoms with Crippen molar-refractivity contribution in [3.63, 3.8) is 0 Å². The van der Waals surface area contributed by atoms with Gasteiger partial charge in [-0.25, -0.2) is 9.07 Å². The lowest BCUT2D eigenvalue weighted by molar-refractivity contribution is 0.00496. The third-order valence-electron chi connectivity index (χ3n) is 6.25. The van der Waals surface area contributed by atoms with Crippen molar-refractivity contribution in [3.05, 3.63) is 71.7 Å². The van der Waals surface area contributed by atoms with E-state index in [-0.39, 0.29) is 18.5 Å². The second kappa shape index (κ2) is 13.0. The minimum atomic E-state index is -0.642. The van der Waals surface area contributed by atoms with E-state index in [1.54, 1.807) is 22.9 Å². The summed E-state index contributed by atoms with van der Waals surface area (Å²) in [4.78, 5) is 2.17. The first-order valence-corrected chi connectivity index (χ1v) is 12.8. The van der Waals surface area contributed by atoms with E-state index in [9.17, 15) is 9.50 Å². The molecule has 1 aliphatic heterocycles. The maximum absolute atomic E-state index is 14.6. The predicted octanol–water partition coefficient (Wildman–Crippen LogP) is 4.74. The SMILES string of the molecule is CCOC[C@H](O)CN(Cc1c(CC)nn(-c2ccccc2)c1Oc1ccccc1F)C[C@@H]1CCCO1. The summed E-state index contributed by atoms with van der Waals surface area (Å²) >= 11 is 0. The maximum atomic E-state index is 14.6. The van der Waals surface area contributed by atoms with Crippen LogP contribution in [0.1, 0.15) is 37.9 Å². The van der Waals surface area contributed by atoms with Gasteiger partial charge in [0.15, 0.2) is 11.6 Å². The number of aliphatic hydroxyl groups excluding tert-OH is 1. The third kappa shape index (κ3) is 6.70. The maximum Gasteiger partial charge on any atom is 0.227 e. The van der Waals surface area contributed by atoms with Crippen molar-refractivity contribution < 1.29 is 23.7 Å². The van der Waals surface area contributed by atoms with Gasteiger partial charge in [-0.3, -0.25) is 4.90 Å². The number of rotatable bonds is 13. The Bertz CT molecular complexity index is 1090. The van der Waals surface area contributed by atoms with E-state index in [4.69, 9.17) is 19.3 Å². The van der Waals surface area contributed by atoms with E-state index < -0.39 is 11.9 Å². The number of hydrogen-bond donors (Lipinski definition) is 1. The van der Waals surface area contributed by atoms with Crippen molar-refractivity contribution in [1.82, 2.24) is 14.7 Å². The van der Waals surface area contributed by atoms with Gasteiger partial charge >= 0.3 is 0 Å². The first-order valence-electron chi connectivity index (χ1n) is 12.8. The van der Waals surface area contributed by atoms with Crippen LogP contribution in [0.3, 0.4) is 0 Å². The smallest absolute Gasteiger partial charge is 0.227 e. The molecule has 2 heterocycles. The van der Waals surface area contributed by atoms with Gasteiger partial charge in [0.05, 0.1) is 35.8 Å². The molecule has 0 spiro atoms. The molecule has 1 saturated heterocycles. The van der Waals surface area contributed by atoms with Crippen LogP contribution in [0.4, 0.5) is 4.39 Å². The van der Waals surface area contributed by atoms with Crippen LogP contribution in [0.25, 0.3) is 5.69 Å². The Balaban J connectivity index is 1.70. The van der Waals surface area contributed by atoms with Gasteiger partial charge in [-0.2, -0.15) is 5.10 Å². The van der Waals surface area contributed by atoms with Crippen LogP contribution < -0.4 is 4.74 Å². The zero-order valence-electron chi connectivity index (χ0n) is 21.1. The molecule has 0 amide bonds. The van der Waals surface area contributed by atoms with Gasteiger partial charge in [0.25, 0.3) is 0 Å². The van der Waals surface area contributed by atoms with Crippen molar-refractivity contribution in [2.75, 3.05) is 32.9 Å². The summed E-state index contributed by atoms with van der Waals surface area (Å²) in [5.41, 5.74) is 2.56. The van der Waals surface area contributed by atoms with Gasteiger partial charge in [-0.05, 0) is 50.5 Å². The molecule has 0 radical (unpaired) electrons. The van der Waals surface area contributed by atoms with Gasteiger partial charge in [-0.1, -0.05) is 37.3 Å². The number of halogens is 1. The minimum absolute atomic E-state index is 0.106. The summed E-state index contributed by atoms with van der Waals surface area (Å²) in [6, 6.07) is 16.1. The van der Waals surface area contributed by atoms with E-state index >= 15 is 0 Å². The Morgan fingerprint density at radius 2 is 1.94 bits per heavy atom. The van der Waals surface area contributed by atoms with Crippen LogP contribution in [0, 0.1) is 5.82 Å². The molecule has 8 heteroatoms. The number of aliphatic hydroxyl groups is 1. The molecule has 1 N–H and O–H groups in total. The highest BCUT2D eigenvalue weighted by molar-refractivity contribution is 5.44. The lowest BCUT2D eigenvalue weighted by atomic mass is 10.1. The highest BCUT2D eigenvalue weighted by Gasteiger charge is 2.27. The molecule has 1 fully saturated rings. The van der Waals surface area contributed by atoms with E-state index in [1.807, 2.05) is 44.2 Å². The van der Waals surface area contributed by atoms with Crippen molar-refractivity contribution >= 4 is 0 Å². The van der Waals surface area contributed by atoms with Crippen molar-refractivity contribution in [3.8, 4) is 17.3 Å². The number of para-hydroxylation sites is 2. The average molecular weight is 498 g/mol. The molecular weight excluding hydrogens is 461 g/mol. The second-order valence-electron chi connectivity index (χ2n) is 9.01. The van der Waals surface area contributed by atoms with Gasteiger partial charge in [0.2, 0.25) is 5.88 Å². The fourth-order valence-corrected chi connectivity index (χ4v) is 4.51. The Hall–Kier alpha value is -2.78. The molecule has 2 aromatic carbocycles. The Kier molecular flexibility index (Phi) is 9.47. The summed E-state index contributed by atoms with van der Waals surface area (Å²) in [6.07, 6.45) is 2.16. The number of hydrogen-bond acceptors (Lipinski definition) is 6. The van der Waals surface area contributed by atoms with Crippen LogP contribution in [0.5, 0.6) is 11.6 Å². The van der Waals surface area contributed by atoms with Crippen molar-refractivity contribution in [2.24, 2.45) is 0 Å². The van der Waals surface area contributed by atoms with Crippen molar-refractivity contribution in [1.29, 1.82) is 0 Å². The van der Waals surface area contributed by atoms with Crippen LogP contribution in [0.15, 0.2) is 54.6 Å². The third-order valence-corrected chi connectivity index (χ3v) is 6.25. The van der Waals surface area contributed by atoms with E-state index in [2.05, 4.69) is 4.90 Å². The summed E-state index contributed by atoms with van der Waals surface area (Å²) in [7, 11) is 0. The summed E-state index contributed by atoms with van der Waals surface area (Å²) in [5.74, 6) is 0.172. The van der Waals surface area contributed by atoms with Gasteiger partial charge in [0, 0.05) is 32.8 Å². The predicted molar refractivity (Wildman–Crippen MR) is 136 cm³/mol. The Morgan fingerprint density at radius 1 is 1.17 bits per heavy atom. The number of aryl methyl sites for hydroxylation is 1. The number of benzene rings is 2. The van der Waals surface area contributed by atoms with Gasteiger partial charge in [0.1, 0.15) is 0 Å². The molecule has 2 atom stereocenters. The van der Waals surface area contributed by atoms with Crippen LogP contribution >= 0.6 is 0 Å². The van der Waals surface area contributed by atoms with E-state index in [1.165, 1.54) is 6.07 Å². The van der Waals surface area contributed by atoms with Crippen LogP contribution in [0.2, 0.25) is 0 Å². The molecule has 0 saturated carbocycles. The first kappa shape index (κ1) is 26.3. The van der Waals surface area contributed by atoms with Crippen LogP contribution in [-0.2, 0) is 22.4 Å². The molecule has 0 aliphatic carbocycles. The quantitative estimate of drug-likeness (QED) is 0.368. The van der Waals surface area contributed by atoms with Crippen molar-refractivity contribution in [2.45, 2.75) is 51.9 Å². The molecule has 1 aliphatic rings. The van der Waals surface area contributed by atoms with E-state index in [0.717, 1.165) is 36.4 Å². The molecule has 4 rings (SSSR count). The molecule has 7 nitrogen and oxygen atoms in total.